The summed E-state index contributed by atoms with van der Waals surface area (Å²) in [6.45, 7) is 2.59. The zero-order valence-corrected chi connectivity index (χ0v) is 13.6. The van der Waals surface area contributed by atoms with Crippen molar-refractivity contribution in [3.05, 3.63) is 65.9 Å². The molecule has 23 heavy (non-hydrogen) atoms. The van der Waals surface area contributed by atoms with Gasteiger partial charge in [0.1, 0.15) is 0 Å². The first-order valence-corrected chi connectivity index (χ1v) is 8.36. The highest BCUT2D eigenvalue weighted by Gasteiger charge is 2.07. The second-order valence-corrected chi connectivity index (χ2v) is 6.30. The third-order valence-electron chi connectivity index (χ3n) is 3.45. The second kappa shape index (κ2) is 7.24. The number of rotatable bonds is 5. The van der Waals surface area contributed by atoms with Crippen LogP contribution in [0, 0.1) is 6.92 Å². The fourth-order valence-corrected chi connectivity index (χ4v) is 3.08. The van der Waals surface area contributed by atoms with Gasteiger partial charge in [0, 0.05) is 16.8 Å². The number of carbonyl (C=O) groups excluding carboxylic acids is 1. The first-order valence-electron chi connectivity index (χ1n) is 7.38. The molecule has 1 aromatic heterocycles. The van der Waals surface area contributed by atoms with E-state index in [9.17, 15) is 4.79 Å². The van der Waals surface area contributed by atoms with Crippen molar-refractivity contribution in [2.75, 3.05) is 5.75 Å². The number of amides is 1. The first kappa shape index (κ1) is 15.5. The Labute approximate surface area is 139 Å². The number of nitrogens with zero attached hydrogens (tertiary/aromatic N) is 2. The van der Waals surface area contributed by atoms with Crippen LogP contribution in [0.25, 0.3) is 10.9 Å². The highest BCUT2D eigenvalue weighted by molar-refractivity contribution is 8.00. The molecule has 116 valence electrons. The Hall–Kier alpha value is -2.40. The molecule has 3 rings (SSSR count). The summed E-state index contributed by atoms with van der Waals surface area (Å²) in [5.74, 6) is 0.373. The summed E-state index contributed by atoms with van der Waals surface area (Å²) in [4.78, 5) is 13.0. The molecule has 3 aromatic rings. The molecule has 0 fully saturated rings. The number of thioether (sulfide) groups is 1. The molecule has 0 radical (unpaired) electrons. The summed E-state index contributed by atoms with van der Waals surface area (Å²) in [6.07, 6.45) is 1.72. The Morgan fingerprint density at radius 1 is 1.17 bits per heavy atom. The zero-order valence-electron chi connectivity index (χ0n) is 12.8. The molecule has 1 amide bonds. The van der Waals surface area contributed by atoms with E-state index in [-0.39, 0.29) is 5.91 Å². The SMILES string of the molecule is Cc1ccc2nncc(SCC(=O)NCc3ccccc3)c2c1. The molecule has 0 bridgehead atoms. The predicted molar refractivity (Wildman–Crippen MR) is 93.3 cm³/mol. The molecule has 0 aliphatic heterocycles. The smallest absolute Gasteiger partial charge is 0.230 e. The Morgan fingerprint density at radius 2 is 2.00 bits per heavy atom. The third kappa shape index (κ3) is 4.07. The van der Waals surface area contributed by atoms with Gasteiger partial charge in [0.2, 0.25) is 5.91 Å². The monoisotopic (exact) mass is 323 g/mol. The summed E-state index contributed by atoms with van der Waals surface area (Å²) in [7, 11) is 0. The van der Waals surface area contributed by atoms with Crippen molar-refractivity contribution in [2.45, 2.75) is 18.4 Å². The Morgan fingerprint density at radius 3 is 2.83 bits per heavy atom. The molecule has 0 spiro atoms. The Balaban J connectivity index is 1.62. The largest absolute Gasteiger partial charge is 0.351 e. The van der Waals surface area contributed by atoms with Crippen LogP contribution in [-0.2, 0) is 11.3 Å². The van der Waals surface area contributed by atoms with E-state index in [4.69, 9.17) is 0 Å². The van der Waals surface area contributed by atoms with E-state index in [1.54, 1.807) is 6.20 Å². The van der Waals surface area contributed by atoms with Crippen molar-refractivity contribution in [1.82, 2.24) is 15.5 Å². The lowest BCUT2D eigenvalue weighted by atomic mass is 10.1. The van der Waals surface area contributed by atoms with Crippen LogP contribution >= 0.6 is 11.8 Å². The molecular weight excluding hydrogens is 306 g/mol. The Kier molecular flexibility index (Phi) is 4.88. The average Bonchev–Trinajstić information content (AvgIpc) is 2.59. The molecule has 0 aliphatic rings. The molecule has 1 N–H and O–H groups in total. The number of fused-ring (bicyclic) bond motifs is 1. The summed E-state index contributed by atoms with van der Waals surface area (Å²) in [6, 6.07) is 15.9. The van der Waals surface area contributed by atoms with Crippen molar-refractivity contribution >= 4 is 28.6 Å². The van der Waals surface area contributed by atoms with Crippen LogP contribution in [0.5, 0.6) is 0 Å². The van der Waals surface area contributed by atoms with Gasteiger partial charge in [-0.15, -0.1) is 11.8 Å². The van der Waals surface area contributed by atoms with Crippen LogP contribution < -0.4 is 5.32 Å². The molecule has 0 unspecified atom stereocenters. The standard InChI is InChI=1S/C18H17N3OS/c1-13-7-8-16-15(9-13)17(11-20-21-16)23-12-18(22)19-10-14-5-3-2-4-6-14/h2-9,11H,10,12H2,1H3,(H,19,22). The maximum absolute atomic E-state index is 12.0. The molecule has 5 heteroatoms. The van der Waals surface area contributed by atoms with Gasteiger partial charge in [0.15, 0.2) is 0 Å². The van der Waals surface area contributed by atoms with Crippen molar-refractivity contribution in [3.8, 4) is 0 Å². The van der Waals surface area contributed by atoms with Gasteiger partial charge in [-0.25, -0.2) is 0 Å². The zero-order chi connectivity index (χ0) is 16.1. The molecule has 0 atom stereocenters. The fourth-order valence-electron chi connectivity index (χ4n) is 2.25. The highest BCUT2D eigenvalue weighted by atomic mass is 32.2. The minimum absolute atomic E-state index is 0.0106. The van der Waals surface area contributed by atoms with Crippen LogP contribution in [0.15, 0.2) is 59.6 Å². The van der Waals surface area contributed by atoms with E-state index < -0.39 is 0 Å². The van der Waals surface area contributed by atoms with Crippen molar-refractivity contribution < 1.29 is 4.79 Å². The number of carbonyl (C=O) groups is 1. The van der Waals surface area contributed by atoms with Crippen LogP contribution in [0.4, 0.5) is 0 Å². The maximum Gasteiger partial charge on any atom is 0.230 e. The number of benzene rings is 2. The van der Waals surface area contributed by atoms with Gasteiger partial charge in [-0.05, 0) is 24.6 Å². The molecule has 2 aromatic carbocycles. The van der Waals surface area contributed by atoms with E-state index in [1.165, 1.54) is 17.3 Å². The normalized spacial score (nSPS) is 10.7. The number of aryl methyl sites for hydroxylation is 1. The fraction of sp³-hybridized carbons (Fsp3) is 0.167. The van der Waals surface area contributed by atoms with Crippen LogP contribution in [0.3, 0.4) is 0 Å². The van der Waals surface area contributed by atoms with Crippen molar-refractivity contribution in [1.29, 1.82) is 0 Å². The first-order chi connectivity index (χ1) is 11.2. The van der Waals surface area contributed by atoms with Gasteiger partial charge in [-0.3, -0.25) is 4.79 Å². The van der Waals surface area contributed by atoms with E-state index in [2.05, 4.69) is 21.6 Å². The highest BCUT2D eigenvalue weighted by Crippen LogP contribution is 2.26. The van der Waals surface area contributed by atoms with E-state index in [0.717, 1.165) is 21.4 Å². The minimum atomic E-state index is 0.0106. The molecule has 4 nitrogen and oxygen atoms in total. The van der Waals surface area contributed by atoms with Crippen molar-refractivity contribution in [3.63, 3.8) is 0 Å². The number of aromatic nitrogens is 2. The van der Waals surface area contributed by atoms with Crippen LogP contribution in [0.2, 0.25) is 0 Å². The van der Waals surface area contributed by atoms with Crippen LogP contribution in [-0.4, -0.2) is 21.9 Å². The lowest BCUT2D eigenvalue weighted by molar-refractivity contribution is -0.118. The summed E-state index contributed by atoms with van der Waals surface area (Å²) in [5.41, 5.74) is 3.11. The number of hydrogen-bond donors (Lipinski definition) is 1. The second-order valence-electron chi connectivity index (χ2n) is 5.28. The third-order valence-corrected chi connectivity index (χ3v) is 4.49. The van der Waals surface area contributed by atoms with Gasteiger partial charge in [-0.2, -0.15) is 10.2 Å². The summed E-state index contributed by atoms with van der Waals surface area (Å²) >= 11 is 1.49. The number of hydrogen-bond acceptors (Lipinski definition) is 4. The van der Waals surface area contributed by atoms with Gasteiger partial charge in [0.05, 0.1) is 17.5 Å². The topological polar surface area (TPSA) is 54.9 Å². The van der Waals surface area contributed by atoms with E-state index in [1.807, 2.05) is 49.4 Å². The van der Waals surface area contributed by atoms with E-state index in [0.29, 0.717) is 12.3 Å². The lowest BCUT2D eigenvalue weighted by Gasteiger charge is -2.07. The average molecular weight is 323 g/mol. The maximum atomic E-state index is 12.0. The van der Waals surface area contributed by atoms with Gasteiger partial charge < -0.3 is 5.32 Å². The van der Waals surface area contributed by atoms with Crippen molar-refractivity contribution in [2.24, 2.45) is 0 Å². The Bertz CT molecular complexity index is 821. The quantitative estimate of drug-likeness (QED) is 0.732. The van der Waals surface area contributed by atoms with Gasteiger partial charge in [-0.1, -0.05) is 42.0 Å². The van der Waals surface area contributed by atoms with E-state index >= 15 is 0 Å². The lowest BCUT2D eigenvalue weighted by Crippen LogP contribution is -2.24. The van der Waals surface area contributed by atoms with Gasteiger partial charge in [0.25, 0.3) is 0 Å². The van der Waals surface area contributed by atoms with Gasteiger partial charge >= 0.3 is 0 Å². The molecule has 0 saturated heterocycles. The molecule has 0 saturated carbocycles. The summed E-state index contributed by atoms with van der Waals surface area (Å²) in [5, 5.41) is 12.1. The summed E-state index contributed by atoms with van der Waals surface area (Å²) < 4.78 is 0. The van der Waals surface area contributed by atoms with Crippen LogP contribution in [0.1, 0.15) is 11.1 Å². The number of nitrogens with one attached hydrogen (secondary N) is 1. The predicted octanol–water partition coefficient (Wildman–Crippen LogP) is 3.35. The molecular formula is C18H17N3OS. The molecule has 0 aliphatic carbocycles. The molecule has 1 heterocycles. The minimum Gasteiger partial charge on any atom is -0.351 e.